The van der Waals surface area contributed by atoms with Gasteiger partial charge < -0.3 is 10.1 Å². The molecular weight excluding hydrogens is 298 g/mol. The molecule has 3 heteroatoms. The molecule has 2 aromatic rings. The van der Waals surface area contributed by atoms with E-state index in [1.807, 2.05) is 32.0 Å². The Hall–Kier alpha value is -2.29. The van der Waals surface area contributed by atoms with Gasteiger partial charge in [0.25, 0.3) is 5.91 Å². The number of nitrogens with one attached hydrogen (secondary N) is 1. The number of carbonyl (C=O) groups is 1. The van der Waals surface area contributed by atoms with Gasteiger partial charge in [0.05, 0.1) is 17.7 Å². The van der Waals surface area contributed by atoms with E-state index in [1.165, 1.54) is 11.1 Å². The number of carbonyl (C=O) groups excluding carboxylic acids is 1. The molecule has 0 bridgehead atoms. The van der Waals surface area contributed by atoms with Crippen molar-refractivity contribution in [3.05, 3.63) is 64.7 Å². The maximum atomic E-state index is 12.8. The molecule has 128 valence electrons. The zero-order valence-electron chi connectivity index (χ0n) is 15.2. The summed E-state index contributed by atoms with van der Waals surface area (Å²) < 4.78 is 5.76. The first-order valence-electron chi connectivity index (χ1n) is 8.56. The molecule has 0 aliphatic heterocycles. The molecule has 1 N–H and O–H groups in total. The van der Waals surface area contributed by atoms with E-state index in [2.05, 4.69) is 44.3 Å². The lowest BCUT2D eigenvalue weighted by molar-refractivity contribution is 0.0929. The van der Waals surface area contributed by atoms with Gasteiger partial charge in [0.15, 0.2) is 0 Å². The summed E-state index contributed by atoms with van der Waals surface area (Å²) in [6, 6.07) is 13.7. The Morgan fingerprint density at radius 3 is 2.42 bits per heavy atom. The van der Waals surface area contributed by atoms with Crippen molar-refractivity contribution in [3.8, 4) is 5.75 Å². The normalized spacial score (nSPS) is 12.1. The van der Waals surface area contributed by atoms with Gasteiger partial charge in [0, 0.05) is 0 Å². The van der Waals surface area contributed by atoms with E-state index in [1.54, 1.807) is 6.07 Å². The van der Waals surface area contributed by atoms with Crippen LogP contribution in [-0.2, 0) is 0 Å². The highest BCUT2D eigenvalue weighted by molar-refractivity contribution is 5.97. The fraction of sp³-hybridized carbons (Fsp3) is 0.381. The highest BCUT2D eigenvalue weighted by Crippen LogP contribution is 2.23. The molecule has 0 radical (unpaired) electrons. The monoisotopic (exact) mass is 325 g/mol. The lowest BCUT2D eigenvalue weighted by Gasteiger charge is -2.20. The van der Waals surface area contributed by atoms with E-state index in [-0.39, 0.29) is 18.1 Å². The third-order valence-electron chi connectivity index (χ3n) is 4.14. The molecule has 0 heterocycles. The molecule has 0 saturated carbocycles. The van der Waals surface area contributed by atoms with E-state index >= 15 is 0 Å². The van der Waals surface area contributed by atoms with Crippen molar-refractivity contribution in [2.75, 3.05) is 0 Å². The Morgan fingerprint density at radius 2 is 1.79 bits per heavy atom. The average molecular weight is 325 g/mol. The predicted octanol–water partition coefficient (Wildman–Crippen LogP) is 4.97. The van der Waals surface area contributed by atoms with Gasteiger partial charge in [-0.2, -0.15) is 0 Å². The summed E-state index contributed by atoms with van der Waals surface area (Å²) in [5.74, 6) is 0.524. The number of ether oxygens (including phenoxy) is 1. The molecule has 24 heavy (non-hydrogen) atoms. The smallest absolute Gasteiger partial charge is 0.255 e. The van der Waals surface area contributed by atoms with Gasteiger partial charge in [-0.3, -0.25) is 4.79 Å². The van der Waals surface area contributed by atoms with Crippen molar-refractivity contribution in [3.63, 3.8) is 0 Å². The van der Waals surface area contributed by atoms with Crippen molar-refractivity contribution in [2.45, 2.75) is 53.2 Å². The summed E-state index contributed by atoms with van der Waals surface area (Å²) in [7, 11) is 0. The van der Waals surface area contributed by atoms with Crippen LogP contribution in [0.3, 0.4) is 0 Å². The van der Waals surface area contributed by atoms with Crippen LogP contribution in [0.4, 0.5) is 0 Å². The standard InChI is InChI=1S/C21H27NO2/c1-6-19(17-12-11-15(4)16(5)13-17)22-21(23)18-9-7-8-10-20(18)24-14(2)3/h7-14,19H,6H2,1-5H3,(H,22,23). The van der Waals surface area contributed by atoms with E-state index in [0.717, 1.165) is 12.0 Å². The van der Waals surface area contributed by atoms with Gasteiger partial charge in [0.1, 0.15) is 5.75 Å². The summed E-state index contributed by atoms with van der Waals surface area (Å²) in [6.07, 6.45) is 0.863. The minimum atomic E-state index is -0.101. The van der Waals surface area contributed by atoms with Gasteiger partial charge in [-0.15, -0.1) is 0 Å². The first-order chi connectivity index (χ1) is 11.4. The minimum absolute atomic E-state index is 0.0103. The Morgan fingerprint density at radius 1 is 1.08 bits per heavy atom. The second-order valence-electron chi connectivity index (χ2n) is 6.44. The van der Waals surface area contributed by atoms with Crippen LogP contribution in [0.5, 0.6) is 5.75 Å². The molecule has 0 fully saturated rings. The molecule has 2 aromatic carbocycles. The van der Waals surface area contributed by atoms with Crippen LogP contribution in [-0.4, -0.2) is 12.0 Å². The first kappa shape index (κ1) is 18.1. The zero-order chi connectivity index (χ0) is 17.7. The van der Waals surface area contributed by atoms with Crippen LogP contribution in [0.25, 0.3) is 0 Å². The van der Waals surface area contributed by atoms with Crippen LogP contribution in [0.2, 0.25) is 0 Å². The minimum Gasteiger partial charge on any atom is -0.490 e. The summed E-state index contributed by atoms with van der Waals surface area (Å²) >= 11 is 0. The van der Waals surface area contributed by atoms with Crippen molar-refractivity contribution in [1.82, 2.24) is 5.32 Å². The number of para-hydroxylation sites is 1. The maximum Gasteiger partial charge on any atom is 0.255 e. The average Bonchev–Trinajstić information content (AvgIpc) is 2.55. The topological polar surface area (TPSA) is 38.3 Å². The lowest BCUT2D eigenvalue weighted by atomic mass is 9.99. The van der Waals surface area contributed by atoms with E-state index in [4.69, 9.17) is 4.74 Å². The Balaban J connectivity index is 2.22. The molecule has 0 aliphatic carbocycles. The first-order valence-corrected chi connectivity index (χ1v) is 8.56. The summed E-state index contributed by atoms with van der Waals surface area (Å²) in [6.45, 7) is 10.2. The molecule has 0 spiro atoms. The Bertz CT molecular complexity index is 707. The summed E-state index contributed by atoms with van der Waals surface area (Å²) in [4.78, 5) is 12.8. The van der Waals surface area contributed by atoms with Crippen LogP contribution >= 0.6 is 0 Å². The number of rotatable bonds is 6. The molecule has 0 aliphatic rings. The van der Waals surface area contributed by atoms with Gasteiger partial charge in [-0.05, 0) is 62.9 Å². The van der Waals surface area contributed by atoms with Crippen molar-refractivity contribution in [1.29, 1.82) is 0 Å². The zero-order valence-corrected chi connectivity index (χ0v) is 15.2. The predicted molar refractivity (Wildman–Crippen MR) is 98.6 cm³/mol. The molecule has 1 atom stereocenters. The third-order valence-corrected chi connectivity index (χ3v) is 4.14. The largest absolute Gasteiger partial charge is 0.490 e. The van der Waals surface area contributed by atoms with E-state index in [0.29, 0.717) is 11.3 Å². The summed E-state index contributed by atoms with van der Waals surface area (Å²) in [5.41, 5.74) is 4.21. The second-order valence-corrected chi connectivity index (χ2v) is 6.44. The quantitative estimate of drug-likeness (QED) is 0.814. The second kappa shape index (κ2) is 8.00. The highest BCUT2D eigenvalue weighted by Gasteiger charge is 2.18. The van der Waals surface area contributed by atoms with Gasteiger partial charge in [-0.25, -0.2) is 0 Å². The van der Waals surface area contributed by atoms with Gasteiger partial charge in [-0.1, -0.05) is 37.3 Å². The molecule has 0 aromatic heterocycles. The number of hydrogen-bond acceptors (Lipinski definition) is 2. The number of hydrogen-bond donors (Lipinski definition) is 1. The van der Waals surface area contributed by atoms with E-state index in [9.17, 15) is 4.79 Å². The summed E-state index contributed by atoms with van der Waals surface area (Å²) in [5, 5.41) is 3.14. The van der Waals surface area contributed by atoms with E-state index < -0.39 is 0 Å². The Kier molecular flexibility index (Phi) is 6.02. The van der Waals surface area contributed by atoms with Crippen molar-refractivity contribution in [2.24, 2.45) is 0 Å². The third kappa shape index (κ3) is 4.38. The number of benzene rings is 2. The van der Waals surface area contributed by atoms with Crippen molar-refractivity contribution < 1.29 is 9.53 Å². The van der Waals surface area contributed by atoms with Crippen molar-refractivity contribution >= 4 is 5.91 Å². The van der Waals surface area contributed by atoms with Crippen LogP contribution < -0.4 is 10.1 Å². The van der Waals surface area contributed by atoms with Gasteiger partial charge in [0.2, 0.25) is 0 Å². The molecule has 3 nitrogen and oxygen atoms in total. The fourth-order valence-electron chi connectivity index (χ4n) is 2.65. The molecule has 2 rings (SSSR count). The molecule has 1 amide bonds. The molecular formula is C21H27NO2. The molecule has 0 saturated heterocycles. The SMILES string of the molecule is CCC(NC(=O)c1ccccc1OC(C)C)c1ccc(C)c(C)c1. The number of aryl methyl sites for hydroxylation is 2. The van der Waals surface area contributed by atoms with Crippen LogP contribution in [0, 0.1) is 13.8 Å². The Labute approximate surface area is 145 Å². The molecule has 1 unspecified atom stereocenters. The van der Waals surface area contributed by atoms with Gasteiger partial charge >= 0.3 is 0 Å². The fourth-order valence-corrected chi connectivity index (χ4v) is 2.65. The maximum absolute atomic E-state index is 12.8. The number of amides is 1. The van der Waals surface area contributed by atoms with Crippen LogP contribution in [0.15, 0.2) is 42.5 Å². The highest BCUT2D eigenvalue weighted by atomic mass is 16.5. The lowest BCUT2D eigenvalue weighted by Crippen LogP contribution is -2.29. The van der Waals surface area contributed by atoms with Crippen LogP contribution in [0.1, 0.15) is 60.3 Å².